The molecule has 1 aliphatic rings. The summed E-state index contributed by atoms with van der Waals surface area (Å²) in [7, 11) is -3.65. The van der Waals surface area contributed by atoms with Crippen molar-refractivity contribution < 1.29 is 13.2 Å². The van der Waals surface area contributed by atoms with Gasteiger partial charge in [0.15, 0.2) is 0 Å². The quantitative estimate of drug-likeness (QED) is 0.822. The van der Waals surface area contributed by atoms with E-state index in [1.54, 1.807) is 12.3 Å². The van der Waals surface area contributed by atoms with Crippen LogP contribution >= 0.6 is 0 Å². The molecule has 0 bridgehead atoms. The minimum atomic E-state index is -3.65. The second kappa shape index (κ2) is 6.86. The standard InChI is InChI=1S/C13H20N4O3S/c1-2-5-15-11-3-6-14-10-12(11)21(19,20)17-8-4-13(18)16-7-9-17/h3,6,10H,2,4-5,7-9H2,1H3,(H,14,15)(H,16,18). The fourth-order valence-corrected chi connectivity index (χ4v) is 3.67. The van der Waals surface area contributed by atoms with Crippen LogP contribution in [0, 0.1) is 0 Å². The van der Waals surface area contributed by atoms with Gasteiger partial charge >= 0.3 is 0 Å². The van der Waals surface area contributed by atoms with Gasteiger partial charge in [-0.1, -0.05) is 6.92 Å². The number of nitrogens with one attached hydrogen (secondary N) is 2. The van der Waals surface area contributed by atoms with E-state index in [4.69, 9.17) is 0 Å². The number of hydrogen-bond acceptors (Lipinski definition) is 5. The van der Waals surface area contributed by atoms with Crippen LogP contribution in [0.25, 0.3) is 0 Å². The average Bonchev–Trinajstić information content (AvgIpc) is 2.70. The van der Waals surface area contributed by atoms with Crippen molar-refractivity contribution in [1.82, 2.24) is 14.6 Å². The number of amides is 1. The fourth-order valence-electron chi connectivity index (χ4n) is 2.12. The molecule has 21 heavy (non-hydrogen) atoms. The van der Waals surface area contributed by atoms with E-state index in [9.17, 15) is 13.2 Å². The topological polar surface area (TPSA) is 91.4 Å². The molecule has 0 atom stereocenters. The van der Waals surface area contributed by atoms with Crippen molar-refractivity contribution in [2.75, 3.05) is 31.5 Å². The normalized spacial score (nSPS) is 17.1. The lowest BCUT2D eigenvalue weighted by Gasteiger charge is -2.21. The number of sulfonamides is 1. The Kier molecular flexibility index (Phi) is 5.13. The molecular formula is C13H20N4O3S. The summed E-state index contributed by atoms with van der Waals surface area (Å²) in [6.07, 6.45) is 3.99. The van der Waals surface area contributed by atoms with E-state index in [1.165, 1.54) is 10.5 Å². The second-order valence-electron chi connectivity index (χ2n) is 4.80. The van der Waals surface area contributed by atoms with Crippen LogP contribution in [0.15, 0.2) is 23.4 Å². The van der Waals surface area contributed by atoms with Gasteiger partial charge in [-0.25, -0.2) is 8.42 Å². The van der Waals surface area contributed by atoms with Crippen molar-refractivity contribution in [3.05, 3.63) is 18.5 Å². The lowest BCUT2D eigenvalue weighted by atomic mass is 10.4. The maximum atomic E-state index is 12.7. The molecule has 1 saturated heterocycles. The number of aromatic nitrogens is 1. The Labute approximate surface area is 124 Å². The number of rotatable bonds is 5. The van der Waals surface area contributed by atoms with E-state index >= 15 is 0 Å². The van der Waals surface area contributed by atoms with Crippen LogP contribution < -0.4 is 10.6 Å². The lowest BCUT2D eigenvalue weighted by molar-refractivity contribution is -0.120. The summed E-state index contributed by atoms with van der Waals surface area (Å²) in [6.45, 7) is 3.49. The first-order valence-corrected chi connectivity index (χ1v) is 8.44. The Morgan fingerprint density at radius 3 is 3.00 bits per heavy atom. The molecule has 0 aliphatic carbocycles. The Balaban J connectivity index is 2.28. The molecule has 1 aliphatic heterocycles. The molecule has 0 spiro atoms. The fraction of sp³-hybridized carbons (Fsp3) is 0.538. The molecule has 2 N–H and O–H groups in total. The van der Waals surface area contributed by atoms with E-state index < -0.39 is 10.0 Å². The van der Waals surface area contributed by atoms with Crippen molar-refractivity contribution in [3.63, 3.8) is 0 Å². The SMILES string of the molecule is CCCNc1ccncc1S(=O)(=O)N1CCNC(=O)CC1. The van der Waals surface area contributed by atoms with Crippen LogP contribution in [0.4, 0.5) is 5.69 Å². The Morgan fingerprint density at radius 2 is 2.24 bits per heavy atom. The van der Waals surface area contributed by atoms with Gasteiger partial charge in [0.05, 0.1) is 5.69 Å². The number of carbonyl (C=O) groups is 1. The molecule has 7 nitrogen and oxygen atoms in total. The molecule has 116 valence electrons. The number of hydrogen-bond donors (Lipinski definition) is 2. The third kappa shape index (κ3) is 3.70. The molecule has 2 rings (SSSR count). The summed E-state index contributed by atoms with van der Waals surface area (Å²) in [6, 6.07) is 1.66. The lowest BCUT2D eigenvalue weighted by Crippen LogP contribution is -2.34. The molecule has 0 saturated carbocycles. The van der Waals surface area contributed by atoms with E-state index in [-0.39, 0.29) is 30.3 Å². The molecular weight excluding hydrogens is 292 g/mol. The van der Waals surface area contributed by atoms with Gasteiger partial charge in [-0.05, 0) is 12.5 Å². The van der Waals surface area contributed by atoms with Crippen molar-refractivity contribution >= 4 is 21.6 Å². The highest BCUT2D eigenvalue weighted by Crippen LogP contribution is 2.24. The summed E-state index contributed by atoms with van der Waals surface area (Å²) in [4.78, 5) is 15.4. The van der Waals surface area contributed by atoms with Crippen LogP contribution in [0.2, 0.25) is 0 Å². The third-order valence-corrected chi connectivity index (χ3v) is 5.17. The predicted octanol–water partition coefficient (Wildman–Crippen LogP) is 0.414. The van der Waals surface area contributed by atoms with Gasteiger partial charge in [0.1, 0.15) is 4.90 Å². The number of anilines is 1. The first-order chi connectivity index (χ1) is 10.1. The van der Waals surface area contributed by atoms with E-state index in [0.29, 0.717) is 18.8 Å². The van der Waals surface area contributed by atoms with E-state index in [2.05, 4.69) is 15.6 Å². The van der Waals surface area contributed by atoms with Gasteiger partial charge in [-0.15, -0.1) is 0 Å². The number of nitrogens with zero attached hydrogens (tertiary/aromatic N) is 2. The molecule has 1 fully saturated rings. The van der Waals surface area contributed by atoms with Gasteiger partial charge in [0.25, 0.3) is 0 Å². The van der Waals surface area contributed by atoms with Gasteiger partial charge in [0.2, 0.25) is 15.9 Å². The summed E-state index contributed by atoms with van der Waals surface area (Å²) < 4.78 is 26.8. The highest BCUT2D eigenvalue weighted by atomic mass is 32.2. The molecule has 1 amide bonds. The molecule has 8 heteroatoms. The average molecular weight is 312 g/mol. The maximum absolute atomic E-state index is 12.7. The zero-order valence-corrected chi connectivity index (χ0v) is 12.8. The van der Waals surface area contributed by atoms with Crippen molar-refractivity contribution in [2.24, 2.45) is 0 Å². The van der Waals surface area contributed by atoms with Crippen molar-refractivity contribution in [1.29, 1.82) is 0 Å². The highest BCUT2D eigenvalue weighted by molar-refractivity contribution is 7.89. The molecule has 1 aromatic heterocycles. The van der Waals surface area contributed by atoms with Gasteiger partial charge in [-0.3, -0.25) is 9.78 Å². The first kappa shape index (κ1) is 15.7. The van der Waals surface area contributed by atoms with E-state index in [1.807, 2.05) is 6.92 Å². The van der Waals surface area contributed by atoms with Gasteiger partial charge in [0, 0.05) is 45.0 Å². The van der Waals surface area contributed by atoms with Crippen LogP contribution in [-0.4, -0.2) is 49.8 Å². The minimum absolute atomic E-state index is 0.122. The first-order valence-electron chi connectivity index (χ1n) is 7.00. The number of pyridine rings is 1. The van der Waals surface area contributed by atoms with Crippen LogP contribution in [0.3, 0.4) is 0 Å². The highest BCUT2D eigenvalue weighted by Gasteiger charge is 2.29. The van der Waals surface area contributed by atoms with Crippen LogP contribution in [0.1, 0.15) is 19.8 Å². The molecule has 1 aromatic rings. The van der Waals surface area contributed by atoms with Crippen molar-refractivity contribution in [3.8, 4) is 0 Å². The Morgan fingerprint density at radius 1 is 1.43 bits per heavy atom. The van der Waals surface area contributed by atoms with Crippen LogP contribution in [0.5, 0.6) is 0 Å². The zero-order chi connectivity index (χ0) is 15.3. The van der Waals surface area contributed by atoms with Crippen molar-refractivity contribution in [2.45, 2.75) is 24.7 Å². The zero-order valence-electron chi connectivity index (χ0n) is 12.0. The summed E-state index contributed by atoms with van der Waals surface area (Å²) >= 11 is 0. The van der Waals surface area contributed by atoms with Gasteiger partial charge in [-0.2, -0.15) is 4.31 Å². The summed E-state index contributed by atoms with van der Waals surface area (Å²) in [5, 5.41) is 5.77. The third-order valence-electron chi connectivity index (χ3n) is 3.24. The molecule has 0 aromatic carbocycles. The largest absolute Gasteiger partial charge is 0.384 e. The monoisotopic (exact) mass is 312 g/mol. The Bertz CT molecular complexity index is 603. The van der Waals surface area contributed by atoms with E-state index in [0.717, 1.165) is 6.42 Å². The molecule has 2 heterocycles. The van der Waals surface area contributed by atoms with Crippen LogP contribution in [-0.2, 0) is 14.8 Å². The Hall–Kier alpha value is -1.67. The molecule has 0 unspecified atom stereocenters. The maximum Gasteiger partial charge on any atom is 0.246 e. The smallest absolute Gasteiger partial charge is 0.246 e. The van der Waals surface area contributed by atoms with Gasteiger partial charge < -0.3 is 10.6 Å². The number of carbonyl (C=O) groups excluding carboxylic acids is 1. The predicted molar refractivity (Wildman–Crippen MR) is 79.4 cm³/mol. The summed E-state index contributed by atoms with van der Waals surface area (Å²) in [5.74, 6) is -0.122. The molecule has 0 radical (unpaired) electrons. The second-order valence-corrected chi connectivity index (χ2v) is 6.71. The minimum Gasteiger partial charge on any atom is -0.384 e. The summed E-state index contributed by atoms with van der Waals surface area (Å²) in [5.41, 5.74) is 0.551.